The fourth-order valence-electron chi connectivity index (χ4n) is 2.25. The number of carbonyl (C=O) groups is 2. The second kappa shape index (κ2) is 10.3. The minimum absolute atomic E-state index is 0.0642. The van der Waals surface area contributed by atoms with Crippen molar-refractivity contribution in [2.75, 3.05) is 19.6 Å². The zero-order chi connectivity index (χ0) is 15.5. The molecule has 0 atom stereocenters. The molecule has 21 heavy (non-hydrogen) atoms. The van der Waals surface area contributed by atoms with Crippen LogP contribution < -0.4 is 16.3 Å². The molecule has 0 aliphatic carbocycles. The summed E-state index contributed by atoms with van der Waals surface area (Å²) in [6, 6.07) is 0. The van der Waals surface area contributed by atoms with Gasteiger partial charge in [-0.25, -0.2) is 10.9 Å². The highest BCUT2D eigenvalue weighted by atomic mass is 16.2. The summed E-state index contributed by atoms with van der Waals surface area (Å²) in [5.74, 6) is -0.0309. The molecule has 0 spiro atoms. The third kappa shape index (κ3) is 6.73. The molecule has 0 aromatic rings. The molecule has 2 amide bonds. The Hall–Kier alpha value is -1.40. The molecule has 3 N–H and O–H groups in total. The molecule has 1 aliphatic rings. The van der Waals surface area contributed by atoms with Gasteiger partial charge in [-0.2, -0.15) is 0 Å². The van der Waals surface area contributed by atoms with Gasteiger partial charge in [0.2, 0.25) is 5.91 Å². The van der Waals surface area contributed by atoms with E-state index in [2.05, 4.69) is 23.2 Å². The Kier molecular flexibility index (Phi) is 8.69. The number of amides is 2. The Labute approximate surface area is 127 Å². The fourth-order valence-corrected chi connectivity index (χ4v) is 2.25. The van der Waals surface area contributed by atoms with E-state index in [0.717, 1.165) is 50.8 Å². The average Bonchev–Trinajstić information content (AvgIpc) is 2.51. The highest BCUT2D eigenvalue weighted by Gasteiger charge is 2.15. The number of hydrogen-bond acceptors (Lipinski definition) is 4. The van der Waals surface area contributed by atoms with E-state index < -0.39 is 0 Å². The van der Waals surface area contributed by atoms with Gasteiger partial charge in [0.25, 0.3) is 5.91 Å². The minimum atomic E-state index is -0.0951. The molecule has 6 nitrogen and oxygen atoms in total. The lowest BCUT2D eigenvalue weighted by atomic mass is 10.1. The minimum Gasteiger partial charge on any atom is -0.288 e. The molecular formula is C15H28N4O2. The second-order valence-corrected chi connectivity index (χ2v) is 5.18. The molecule has 1 fully saturated rings. The fraction of sp³-hybridized carbons (Fsp3) is 0.733. The summed E-state index contributed by atoms with van der Waals surface area (Å²) in [5.41, 5.74) is 9.38. The zero-order valence-electron chi connectivity index (χ0n) is 13.2. The maximum atomic E-state index is 11.9. The summed E-state index contributed by atoms with van der Waals surface area (Å²) in [6.07, 6.45) is 7.04. The van der Waals surface area contributed by atoms with Gasteiger partial charge < -0.3 is 0 Å². The van der Waals surface area contributed by atoms with Gasteiger partial charge in [-0.3, -0.25) is 20.0 Å². The lowest BCUT2D eigenvalue weighted by molar-refractivity contribution is -0.135. The van der Waals surface area contributed by atoms with Crippen molar-refractivity contribution in [2.24, 2.45) is 0 Å². The number of allylic oxidation sites excluding steroid dienone is 1. The smallest absolute Gasteiger partial charge is 0.260 e. The van der Waals surface area contributed by atoms with Gasteiger partial charge in [0.1, 0.15) is 0 Å². The molecule has 1 heterocycles. The summed E-state index contributed by atoms with van der Waals surface area (Å²) in [7, 11) is 0. The van der Waals surface area contributed by atoms with Gasteiger partial charge in [0, 0.05) is 31.6 Å². The van der Waals surface area contributed by atoms with Gasteiger partial charge in [0.05, 0.1) is 0 Å². The highest BCUT2D eigenvalue weighted by Crippen LogP contribution is 2.05. The van der Waals surface area contributed by atoms with Crippen molar-refractivity contribution in [3.05, 3.63) is 11.6 Å². The lowest BCUT2D eigenvalue weighted by Gasteiger charge is -2.27. The lowest BCUT2D eigenvalue weighted by Crippen LogP contribution is -2.48. The molecule has 0 bridgehead atoms. The Morgan fingerprint density at radius 3 is 2.67 bits per heavy atom. The summed E-state index contributed by atoms with van der Waals surface area (Å²) in [5, 5.41) is 1.67. The van der Waals surface area contributed by atoms with E-state index in [1.165, 1.54) is 0 Å². The normalized spacial score (nSPS) is 15.9. The van der Waals surface area contributed by atoms with Crippen molar-refractivity contribution in [3.63, 3.8) is 0 Å². The maximum Gasteiger partial charge on any atom is 0.260 e. The predicted molar refractivity (Wildman–Crippen MR) is 83.0 cm³/mol. The van der Waals surface area contributed by atoms with Crippen molar-refractivity contribution in [1.29, 1.82) is 0 Å². The van der Waals surface area contributed by atoms with Crippen LogP contribution in [0.3, 0.4) is 0 Å². The van der Waals surface area contributed by atoms with Crippen LogP contribution in [0.2, 0.25) is 0 Å². The summed E-state index contributed by atoms with van der Waals surface area (Å²) < 4.78 is 0. The van der Waals surface area contributed by atoms with Crippen LogP contribution in [0.25, 0.3) is 0 Å². The third-order valence-corrected chi connectivity index (χ3v) is 3.34. The monoisotopic (exact) mass is 296 g/mol. The Morgan fingerprint density at radius 2 is 2.05 bits per heavy atom. The van der Waals surface area contributed by atoms with Crippen LogP contribution in [0.4, 0.5) is 0 Å². The van der Waals surface area contributed by atoms with Gasteiger partial charge in [-0.15, -0.1) is 0 Å². The van der Waals surface area contributed by atoms with E-state index in [1.54, 1.807) is 5.01 Å². The largest absolute Gasteiger partial charge is 0.288 e. The average molecular weight is 296 g/mol. The standard InChI is InChI=1S/C15H28N4O2/c1-3-7-13(8-4-2)15(21)18-16-11-9-14(20)19-12-6-5-10-17-19/h7,16-17H,3-6,8-12H2,1-2H3,(H,18,21)/b13-7+. The summed E-state index contributed by atoms with van der Waals surface area (Å²) >= 11 is 0. The first-order chi connectivity index (χ1) is 10.2. The molecule has 0 radical (unpaired) electrons. The van der Waals surface area contributed by atoms with E-state index in [4.69, 9.17) is 0 Å². The molecule has 6 heteroatoms. The Morgan fingerprint density at radius 1 is 1.24 bits per heavy atom. The SMILES string of the molecule is CC/C=C(\CCC)C(=O)NNCCC(=O)N1CCCCN1. The van der Waals surface area contributed by atoms with Crippen molar-refractivity contribution in [1.82, 2.24) is 21.3 Å². The van der Waals surface area contributed by atoms with Crippen LogP contribution in [0.15, 0.2) is 11.6 Å². The predicted octanol–water partition coefficient (Wildman–Crippen LogP) is 1.26. The van der Waals surface area contributed by atoms with Crippen molar-refractivity contribution in [2.45, 2.75) is 52.4 Å². The number of nitrogens with one attached hydrogen (secondary N) is 3. The molecule has 0 unspecified atom stereocenters. The first-order valence-corrected chi connectivity index (χ1v) is 7.95. The van der Waals surface area contributed by atoms with Crippen LogP contribution in [0, 0.1) is 0 Å². The quantitative estimate of drug-likeness (QED) is 0.358. The first-order valence-electron chi connectivity index (χ1n) is 7.95. The van der Waals surface area contributed by atoms with E-state index in [-0.39, 0.29) is 11.8 Å². The molecule has 1 aliphatic heterocycles. The third-order valence-electron chi connectivity index (χ3n) is 3.34. The molecule has 1 rings (SSSR count). The van der Waals surface area contributed by atoms with E-state index >= 15 is 0 Å². The van der Waals surface area contributed by atoms with Gasteiger partial charge in [-0.1, -0.05) is 26.3 Å². The molecule has 0 saturated carbocycles. The van der Waals surface area contributed by atoms with E-state index in [1.807, 2.05) is 13.0 Å². The Bertz CT molecular complexity index is 363. The summed E-state index contributed by atoms with van der Waals surface area (Å²) in [4.78, 5) is 23.8. The highest BCUT2D eigenvalue weighted by molar-refractivity contribution is 5.92. The van der Waals surface area contributed by atoms with Crippen LogP contribution in [0.5, 0.6) is 0 Å². The maximum absolute atomic E-state index is 11.9. The van der Waals surface area contributed by atoms with Gasteiger partial charge >= 0.3 is 0 Å². The number of hydrogen-bond donors (Lipinski definition) is 3. The number of hydrazine groups is 2. The number of carbonyl (C=O) groups excluding carboxylic acids is 2. The Balaban J connectivity index is 2.21. The summed E-state index contributed by atoms with van der Waals surface area (Å²) in [6.45, 7) is 6.13. The van der Waals surface area contributed by atoms with Gasteiger partial charge in [0.15, 0.2) is 0 Å². The van der Waals surface area contributed by atoms with Crippen molar-refractivity contribution >= 4 is 11.8 Å². The molecule has 1 saturated heterocycles. The van der Waals surface area contributed by atoms with Crippen molar-refractivity contribution < 1.29 is 9.59 Å². The van der Waals surface area contributed by atoms with Crippen LogP contribution in [0.1, 0.15) is 52.4 Å². The van der Waals surface area contributed by atoms with E-state index in [0.29, 0.717) is 13.0 Å². The van der Waals surface area contributed by atoms with Crippen LogP contribution >= 0.6 is 0 Å². The second-order valence-electron chi connectivity index (χ2n) is 5.18. The van der Waals surface area contributed by atoms with Crippen molar-refractivity contribution in [3.8, 4) is 0 Å². The molecule has 120 valence electrons. The number of nitrogens with zero attached hydrogens (tertiary/aromatic N) is 1. The molecule has 0 aromatic carbocycles. The van der Waals surface area contributed by atoms with E-state index in [9.17, 15) is 9.59 Å². The van der Waals surface area contributed by atoms with Crippen LogP contribution in [-0.4, -0.2) is 36.5 Å². The molecular weight excluding hydrogens is 268 g/mol. The van der Waals surface area contributed by atoms with Gasteiger partial charge in [-0.05, 0) is 25.7 Å². The zero-order valence-corrected chi connectivity index (χ0v) is 13.2. The van der Waals surface area contributed by atoms with Crippen LogP contribution in [-0.2, 0) is 9.59 Å². The number of rotatable bonds is 8. The molecule has 0 aromatic heterocycles. The first kappa shape index (κ1) is 17.7. The topological polar surface area (TPSA) is 73.5 Å².